The van der Waals surface area contributed by atoms with Gasteiger partial charge in [-0.25, -0.2) is 4.98 Å². The van der Waals surface area contributed by atoms with Crippen LogP contribution in [0.5, 0.6) is 0 Å². The van der Waals surface area contributed by atoms with E-state index in [0.29, 0.717) is 34.8 Å². The quantitative estimate of drug-likeness (QED) is 0.640. The molecule has 0 aliphatic carbocycles. The Balaban J connectivity index is 1.64. The van der Waals surface area contributed by atoms with E-state index in [0.717, 1.165) is 5.56 Å². The van der Waals surface area contributed by atoms with Crippen molar-refractivity contribution in [2.75, 3.05) is 13.1 Å². The van der Waals surface area contributed by atoms with E-state index >= 15 is 0 Å². The molecule has 28 heavy (non-hydrogen) atoms. The minimum atomic E-state index is -0.169. The van der Waals surface area contributed by atoms with Crippen LogP contribution in [0.4, 0.5) is 0 Å². The van der Waals surface area contributed by atoms with Crippen LogP contribution in [0.15, 0.2) is 53.3 Å². The highest BCUT2D eigenvalue weighted by Gasteiger charge is 2.15. The molecule has 0 spiro atoms. The van der Waals surface area contributed by atoms with Crippen molar-refractivity contribution in [3.63, 3.8) is 0 Å². The Morgan fingerprint density at radius 2 is 1.93 bits per heavy atom. The first-order valence-corrected chi connectivity index (χ1v) is 9.59. The molecule has 0 unspecified atom stereocenters. The molecule has 6 nitrogen and oxygen atoms in total. The zero-order valence-corrected chi connectivity index (χ0v) is 16.7. The maximum absolute atomic E-state index is 12.5. The van der Waals surface area contributed by atoms with Crippen molar-refractivity contribution in [1.29, 1.82) is 0 Å². The summed E-state index contributed by atoms with van der Waals surface area (Å²) in [6.45, 7) is 5.15. The van der Waals surface area contributed by atoms with Crippen molar-refractivity contribution in [1.82, 2.24) is 20.2 Å². The second kappa shape index (κ2) is 8.99. The Bertz CT molecular complexity index is 1020. The molecule has 0 saturated carbocycles. The number of para-hydroxylation sites is 1. The third-order valence-electron chi connectivity index (χ3n) is 4.60. The average Bonchev–Trinajstić information content (AvgIpc) is 2.68. The van der Waals surface area contributed by atoms with E-state index < -0.39 is 0 Å². The van der Waals surface area contributed by atoms with Gasteiger partial charge in [0.1, 0.15) is 5.82 Å². The molecular weight excluding hydrogens is 376 g/mol. The summed E-state index contributed by atoms with van der Waals surface area (Å²) in [4.78, 5) is 33.9. The number of likely N-dealkylation sites (N-methyl/N-ethyl adjacent to an activating group) is 1. The average molecular weight is 399 g/mol. The number of nitrogens with zero attached hydrogens (tertiary/aromatic N) is 2. The molecule has 3 rings (SSSR count). The molecule has 146 valence electrons. The number of benzene rings is 2. The van der Waals surface area contributed by atoms with Crippen molar-refractivity contribution in [3.05, 3.63) is 75.3 Å². The number of amides is 1. The molecule has 1 aromatic heterocycles. The van der Waals surface area contributed by atoms with E-state index in [9.17, 15) is 9.59 Å². The number of halogens is 1. The lowest BCUT2D eigenvalue weighted by Crippen LogP contribution is -2.38. The summed E-state index contributed by atoms with van der Waals surface area (Å²) in [5.74, 6) is 0.455. The Morgan fingerprint density at radius 1 is 1.21 bits per heavy atom. The first-order chi connectivity index (χ1) is 13.5. The first-order valence-electron chi connectivity index (χ1n) is 9.21. The normalized spacial score (nSPS) is 12.3. The molecule has 3 aromatic rings. The summed E-state index contributed by atoms with van der Waals surface area (Å²) >= 11 is 5.91. The van der Waals surface area contributed by atoms with E-state index in [-0.39, 0.29) is 24.1 Å². The molecule has 0 bridgehead atoms. The van der Waals surface area contributed by atoms with Crippen molar-refractivity contribution in [2.24, 2.45) is 0 Å². The second-order valence-corrected chi connectivity index (χ2v) is 7.11. The molecule has 0 aliphatic heterocycles. The third-order valence-corrected chi connectivity index (χ3v) is 4.85. The van der Waals surface area contributed by atoms with Crippen LogP contribution in [0, 0.1) is 0 Å². The van der Waals surface area contributed by atoms with Crippen LogP contribution in [0.1, 0.15) is 31.3 Å². The predicted octanol–water partition coefficient (Wildman–Crippen LogP) is 3.28. The van der Waals surface area contributed by atoms with E-state index in [4.69, 9.17) is 11.6 Å². The summed E-state index contributed by atoms with van der Waals surface area (Å²) < 4.78 is 0. The van der Waals surface area contributed by atoms with Crippen LogP contribution in [0.3, 0.4) is 0 Å². The largest absolute Gasteiger partial charge is 0.348 e. The minimum absolute atomic E-state index is 0.0903. The fourth-order valence-corrected chi connectivity index (χ4v) is 3.15. The Kier molecular flexibility index (Phi) is 6.44. The lowest BCUT2D eigenvalue weighted by atomic mass is 10.1. The van der Waals surface area contributed by atoms with E-state index in [1.807, 2.05) is 49.1 Å². The maximum Gasteiger partial charge on any atom is 0.258 e. The molecule has 7 heteroatoms. The van der Waals surface area contributed by atoms with Crippen molar-refractivity contribution in [2.45, 2.75) is 26.4 Å². The topological polar surface area (TPSA) is 78.1 Å². The molecule has 0 aliphatic rings. The summed E-state index contributed by atoms with van der Waals surface area (Å²) in [6, 6.07) is 14.5. The summed E-state index contributed by atoms with van der Waals surface area (Å²) in [5, 5.41) is 4.21. The molecule has 0 fully saturated rings. The van der Waals surface area contributed by atoms with Crippen LogP contribution < -0.4 is 10.9 Å². The van der Waals surface area contributed by atoms with Gasteiger partial charge in [0.05, 0.1) is 30.0 Å². The van der Waals surface area contributed by atoms with Crippen molar-refractivity contribution in [3.8, 4) is 0 Å². The van der Waals surface area contributed by atoms with E-state index in [1.165, 1.54) is 0 Å². The molecule has 1 atom stereocenters. The van der Waals surface area contributed by atoms with Crippen LogP contribution in [-0.4, -0.2) is 33.9 Å². The van der Waals surface area contributed by atoms with Crippen LogP contribution >= 0.6 is 11.6 Å². The first kappa shape index (κ1) is 20.0. The van der Waals surface area contributed by atoms with Crippen LogP contribution in [-0.2, 0) is 11.3 Å². The lowest BCUT2D eigenvalue weighted by molar-refractivity contribution is -0.123. The third kappa shape index (κ3) is 4.97. The lowest BCUT2D eigenvalue weighted by Gasteiger charge is -2.21. The van der Waals surface area contributed by atoms with Crippen LogP contribution in [0.2, 0.25) is 5.02 Å². The summed E-state index contributed by atoms with van der Waals surface area (Å²) in [7, 11) is 0. The van der Waals surface area contributed by atoms with E-state index in [1.54, 1.807) is 18.2 Å². The number of H-pyrrole nitrogens is 1. The van der Waals surface area contributed by atoms with Gasteiger partial charge in [-0.3, -0.25) is 14.5 Å². The molecule has 1 amide bonds. The van der Waals surface area contributed by atoms with Gasteiger partial charge in [0.25, 0.3) is 5.56 Å². The summed E-state index contributed by atoms with van der Waals surface area (Å²) in [6.07, 6.45) is 0. The fourth-order valence-electron chi connectivity index (χ4n) is 3.03. The van der Waals surface area contributed by atoms with Crippen LogP contribution in [0.25, 0.3) is 10.9 Å². The monoisotopic (exact) mass is 398 g/mol. The number of fused-ring (bicyclic) bond motifs is 1. The zero-order valence-electron chi connectivity index (χ0n) is 15.9. The minimum Gasteiger partial charge on any atom is -0.348 e. The van der Waals surface area contributed by atoms with Gasteiger partial charge in [0.15, 0.2) is 0 Å². The molecule has 0 radical (unpaired) electrons. The number of aromatic nitrogens is 2. The molecule has 2 aromatic carbocycles. The van der Waals surface area contributed by atoms with Gasteiger partial charge in [-0.1, -0.05) is 42.8 Å². The Hall–Kier alpha value is -2.70. The van der Waals surface area contributed by atoms with Gasteiger partial charge in [0, 0.05) is 5.02 Å². The highest BCUT2D eigenvalue weighted by Crippen LogP contribution is 2.16. The molecule has 1 heterocycles. The van der Waals surface area contributed by atoms with Gasteiger partial charge in [-0.2, -0.15) is 0 Å². The zero-order chi connectivity index (χ0) is 20.1. The molecular formula is C21H23ClN4O2. The predicted molar refractivity (Wildman–Crippen MR) is 111 cm³/mol. The number of carbonyl (C=O) groups is 1. The SMILES string of the molecule is CCN(CC(=O)N[C@@H](C)c1ccc(Cl)cc1)Cc1nc2ccccc2c(=O)[nH]1. The van der Waals surface area contributed by atoms with Crippen molar-refractivity contribution < 1.29 is 4.79 Å². The Labute approximate surface area is 168 Å². The number of hydrogen-bond donors (Lipinski definition) is 2. The number of hydrogen-bond acceptors (Lipinski definition) is 4. The van der Waals surface area contributed by atoms with E-state index in [2.05, 4.69) is 15.3 Å². The van der Waals surface area contributed by atoms with Gasteiger partial charge >= 0.3 is 0 Å². The highest BCUT2D eigenvalue weighted by molar-refractivity contribution is 6.30. The second-order valence-electron chi connectivity index (χ2n) is 6.67. The maximum atomic E-state index is 12.5. The number of rotatable bonds is 7. The van der Waals surface area contributed by atoms with Crippen molar-refractivity contribution >= 4 is 28.4 Å². The Morgan fingerprint density at radius 3 is 2.64 bits per heavy atom. The number of nitrogens with one attached hydrogen (secondary N) is 2. The molecule has 0 saturated heterocycles. The summed E-state index contributed by atoms with van der Waals surface area (Å²) in [5.41, 5.74) is 1.47. The van der Waals surface area contributed by atoms with Gasteiger partial charge in [-0.15, -0.1) is 0 Å². The van der Waals surface area contributed by atoms with Gasteiger partial charge < -0.3 is 10.3 Å². The van der Waals surface area contributed by atoms with Gasteiger partial charge in [0.2, 0.25) is 5.91 Å². The number of carbonyl (C=O) groups excluding carboxylic acids is 1. The standard InChI is InChI=1S/C21H23ClN4O2/c1-3-26(12-19-24-18-7-5-4-6-17(18)21(28)25-19)13-20(27)23-14(2)15-8-10-16(22)11-9-15/h4-11,14H,3,12-13H2,1-2H3,(H,23,27)(H,24,25,28)/t14-/m0/s1. The fraction of sp³-hybridized carbons (Fsp3) is 0.286. The number of aromatic amines is 1. The van der Waals surface area contributed by atoms with Gasteiger partial charge in [-0.05, 0) is 43.3 Å². The highest BCUT2D eigenvalue weighted by atomic mass is 35.5. The smallest absolute Gasteiger partial charge is 0.258 e. The molecule has 2 N–H and O–H groups in total.